The van der Waals surface area contributed by atoms with Gasteiger partial charge in [-0.1, -0.05) is 42.5 Å². The molecule has 2 aliphatic rings. The molecule has 0 aromatic heterocycles. The molecule has 1 aliphatic carbocycles. The van der Waals surface area contributed by atoms with E-state index in [0.29, 0.717) is 5.91 Å². The van der Waals surface area contributed by atoms with Crippen LogP contribution < -0.4 is 4.90 Å². The zero-order valence-corrected chi connectivity index (χ0v) is 11.4. The highest BCUT2D eigenvalue weighted by molar-refractivity contribution is 5.97. The van der Waals surface area contributed by atoms with E-state index < -0.39 is 0 Å². The molecule has 0 unspecified atom stereocenters. The van der Waals surface area contributed by atoms with Gasteiger partial charge >= 0.3 is 0 Å². The van der Waals surface area contributed by atoms with Crippen LogP contribution in [0.15, 0.2) is 48.5 Å². The van der Waals surface area contributed by atoms with Crippen molar-refractivity contribution in [2.75, 3.05) is 11.4 Å². The van der Waals surface area contributed by atoms with Gasteiger partial charge in [0, 0.05) is 18.2 Å². The molecule has 0 saturated heterocycles. The molecule has 0 N–H and O–H groups in total. The summed E-state index contributed by atoms with van der Waals surface area (Å²) >= 11 is 0. The third kappa shape index (κ3) is 1.75. The van der Waals surface area contributed by atoms with Gasteiger partial charge in [0.25, 0.3) is 0 Å². The topological polar surface area (TPSA) is 20.3 Å². The summed E-state index contributed by atoms with van der Waals surface area (Å²) in [6, 6.07) is 16.7. The van der Waals surface area contributed by atoms with Crippen molar-refractivity contribution >= 4 is 11.6 Å². The van der Waals surface area contributed by atoms with Crippen LogP contribution in [0.3, 0.4) is 0 Å². The molecule has 0 atom stereocenters. The fourth-order valence-corrected chi connectivity index (χ4v) is 3.52. The standard InChI is InChI=1S/C18H17NO/c20-18(16-11-14-6-1-2-7-15(14)12-16)19-10-9-13-5-3-4-8-17(13)19/h1-8,16H,9-12H2. The molecule has 0 bridgehead atoms. The Balaban J connectivity index is 1.59. The van der Waals surface area contributed by atoms with Crippen molar-refractivity contribution in [2.24, 2.45) is 5.92 Å². The second-order valence-electron chi connectivity index (χ2n) is 5.74. The third-order valence-corrected chi connectivity index (χ3v) is 4.55. The first-order valence-corrected chi connectivity index (χ1v) is 7.29. The van der Waals surface area contributed by atoms with Gasteiger partial charge in [0.1, 0.15) is 0 Å². The van der Waals surface area contributed by atoms with Crippen LogP contribution in [0.25, 0.3) is 0 Å². The van der Waals surface area contributed by atoms with E-state index in [-0.39, 0.29) is 5.92 Å². The maximum absolute atomic E-state index is 12.8. The summed E-state index contributed by atoms with van der Waals surface area (Å²) in [5, 5.41) is 0. The molecule has 2 aromatic carbocycles. The molecule has 2 aromatic rings. The lowest BCUT2D eigenvalue weighted by atomic mass is 10.0. The van der Waals surface area contributed by atoms with Gasteiger partial charge in [0.15, 0.2) is 0 Å². The molecule has 1 amide bonds. The van der Waals surface area contributed by atoms with Crippen LogP contribution >= 0.6 is 0 Å². The van der Waals surface area contributed by atoms with Crippen molar-refractivity contribution in [1.82, 2.24) is 0 Å². The van der Waals surface area contributed by atoms with E-state index in [1.54, 1.807) is 0 Å². The van der Waals surface area contributed by atoms with Gasteiger partial charge < -0.3 is 4.90 Å². The minimum atomic E-state index is 0.124. The average molecular weight is 263 g/mol. The van der Waals surface area contributed by atoms with Crippen molar-refractivity contribution in [1.29, 1.82) is 0 Å². The molecule has 0 spiro atoms. The highest BCUT2D eigenvalue weighted by Crippen LogP contribution is 2.33. The lowest BCUT2D eigenvalue weighted by Crippen LogP contribution is -2.35. The Morgan fingerprint density at radius 3 is 2.20 bits per heavy atom. The number of carbonyl (C=O) groups excluding carboxylic acids is 1. The van der Waals surface area contributed by atoms with Crippen molar-refractivity contribution in [3.05, 3.63) is 65.2 Å². The summed E-state index contributed by atoms with van der Waals surface area (Å²) in [5.74, 6) is 0.421. The molecule has 1 aliphatic heterocycles. The lowest BCUT2D eigenvalue weighted by molar-refractivity contribution is -0.122. The number of nitrogens with zero attached hydrogens (tertiary/aromatic N) is 1. The van der Waals surface area contributed by atoms with Crippen LogP contribution in [0.2, 0.25) is 0 Å². The van der Waals surface area contributed by atoms with Gasteiger partial charge in [-0.25, -0.2) is 0 Å². The zero-order valence-electron chi connectivity index (χ0n) is 11.4. The Hall–Kier alpha value is -2.09. The summed E-state index contributed by atoms with van der Waals surface area (Å²) in [5.41, 5.74) is 5.11. The first-order valence-electron chi connectivity index (χ1n) is 7.29. The molecule has 0 radical (unpaired) electrons. The largest absolute Gasteiger partial charge is 0.312 e. The maximum atomic E-state index is 12.8. The summed E-state index contributed by atoms with van der Waals surface area (Å²) in [7, 11) is 0. The van der Waals surface area contributed by atoms with Gasteiger partial charge in [0.2, 0.25) is 5.91 Å². The van der Waals surface area contributed by atoms with E-state index in [1.165, 1.54) is 16.7 Å². The number of anilines is 1. The van der Waals surface area contributed by atoms with Crippen LogP contribution in [0.1, 0.15) is 16.7 Å². The molecule has 2 nitrogen and oxygen atoms in total. The fraction of sp³-hybridized carbons (Fsp3) is 0.278. The molecule has 0 saturated carbocycles. The third-order valence-electron chi connectivity index (χ3n) is 4.55. The minimum Gasteiger partial charge on any atom is -0.312 e. The second kappa shape index (κ2) is 4.48. The minimum absolute atomic E-state index is 0.124. The summed E-state index contributed by atoms with van der Waals surface area (Å²) in [6.07, 6.45) is 2.78. The normalized spacial score (nSPS) is 17.1. The van der Waals surface area contributed by atoms with Gasteiger partial charge in [-0.15, -0.1) is 0 Å². The molecule has 0 fully saturated rings. The Kier molecular flexibility index (Phi) is 2.62. The molecule has 2 heteroatoms. The van der Waals surface area contributed by atoms with Gasteiger partial charge in [0.05, 0.1) is 0 Å². The summed E-state index contributed by atoms with van der Waals surface area (Å²) in [4.78, 5) is 14.8. The SMILES string of the molecule is O=C(C1Cc2ccccc2C1)N1CCc2ccccc21. The predicted octanol–water partition coefficient (Wildman–Crippen LogP) is 2.99. The molecular formula is C18H17NO. The highest BCUT2D eigenvalue weighted by atomic mass is 16.2. The maximum Gasteiger partial charge on any atom is 0.230 e. The van der Waals surface area contributed by atoms with E-state index in [1.807, 2.05) is 11.0 Å². The second-order valence-corrected chi connectivity index (χ2v) is 5.74. The molecule has 4 rings (SSSR count). The molecular weight excluding hydrogens is 246 g/mol. The van der Waals surface area contributed by atoms with Crippen molar-refractivity contribution in [3.63, 3.8) is 0 Å². The van der Waals surface area contributed by atoms with E-state index in [2.05, 4.69) is 42.5 Å². The quantitative estimate of drug-likeness (QED) is 0.774. The number of rotatable bonds is 1. The van der Waals surface area contributed by atoms with E-state index >= 15 is 0 Å². The zero-order chi connectivity index (χ0) is 13.5. The van der Waals surface area contributed by atoms with Crippen LogP contribution in [0.4, 0.5) is 5.69 Å². The van der Waals surface area contributed by atoms with Gasteiger partial charge in [-0.3, -0.25) is 4.79 Å². The van der Waals surface area contributed by atoms with E-state index in [9.17, 15) is 4.79 Å². The first kappa shape index (κ1) is 11.7. The van der Waals surface area contributed by atoms with Crippen LogP contribution in [0.5, 0.6) is 0 Å². The smallest absolute Gasteiger partial charge is 0.230 e. The lowest BCUT2D eigenvalue weighted by Gasteiger charge is -2.21. The fourth-order valence-electron chi connectivity index (χ4n) is 3.52. The number of amides is 1. The number of hydrogen-bond donors (Lipinski definition) is 0. The Labute approximate surface area is 119 Å². The highest BCUT2D eigenvalue weighted by Gasteiger charge is 2.33. The Morgan fingerprint density at radius 2 is 1.50 bits per heavy atom. The number of benzene rings is 2. The average Bonchev–Trinajstić information content (AvgIpc) is 3.10. The Bertz CT molecular complexity index is 652. The summed E-state index contributed by atoms with van der Waals surface area (Å²) in [6.45, 7) is 0.838. The molecule has 1 heterocycles. The van der Waals surface area contributed by atoms with Crippen molar-refractivity contribution in [2.45, 2.75) is 19.3 Å². The number of fused-ring (bicyclic) bond motifs is 2. The monoisotopic (exact) mass is 263 g/mol. The first-order chi connectivity index (χ1) is 9.83. The van der Waals surface area contributed by atoms with E-state index in [0.717, 1.165) is 31.5 Å². The van der Waals surface area contributed by atoms with E-state index in [4.69, 9.17) is 0 Å². The number of para-hydroxylation sites is 1. The molecule has 20 heavy (non-hydrogen) atoms. The number of hydrogen-bond acceptors (Lipinski definition) is 1. The predicted molar refractivity (Wildman–Crippen MR) is 79.8 cm³/mol. The van der Waals surface area contributed by atoms with Gasteiger partial charge in [-0.2, -0.15) is 0 Å². The summed E-state index contributed by atoms with van der Waals surface area (Å²) < 4.78 is 0. The molecule has 100 valence electrons. The van der Waals surface area contributed by atoms with Crippen LogP contribution in [0, 0.1) is 5.92 Å². The van der Waals surface area contributed by atoms with Crippen LogP contribution in [-0.2, 0) is 24.1 Å². The van der Waals surface area contributed by atoms with Gasteiger partial charge in [-0.05, 0) is 42.0 Å². The van der Waals surface area contributed by atoms with Crippen molar-refractivity contribution in [3.8, 4) is 0 Å². The van der Waals surface area contributed by atoms with Crippen LogP contribution in [-0.4, -0.2) is 12.5 Å². The Morgan fingerprint density at radius 1 is 0.900 bits per heavy atom. The number of carbonyl (C=O) groups is 1. The van der Waals surface area contributed by atoms with Crippen molar-refractivity contribution < 1.29 is 4.79 Å².